The van der Waals surface area contributed by atoms with Gasteiger partial charge in [-0.05, 0) is 12.3 Å². The Morgan fingerprint density at radius 3 is 1.92 bits per heavy atom. The molecule has 0 aromatic heterocycles. The van der Waals surface area contributed by atoms with Gasteiger partial charge in [0.25, 0.3) is 0 Å². The number of rotatable bonds is 13. The van der Waals surface area contributed by atoms with E-state index in [0.717, 1.165) is 25.2 Å². The molecule has 1 aliphatic carbocycles. The molecule has 0 amide bonds. The summed E-state index contributed by atoms with van der Waals surface area (Å²) < 4.78 is 22.1. The topological polar surface area (TPSA) is 179 Å². The molecule has 3 aliphatic rings. The molecular formula is C25H46O11. The molecule has 10 atom stereocenters. The first-order valence-electron chi connectivity index (χ1n) is 13.6. The Hall–Kier alpha value is -0.440. The molecule has 2 heterocycles. The van der Waals surface area contributed by atoms with E-state index >= 15 is 0 Å². The third-order valence-corrected chi connectivity index (χ3v) is 7.72. The molecule has 0 aromatic rings. The van der Waals surface area contributed by atoms with Crippen LogP contribution in [-0.4, -0.2) is 117 Å². The first-order chi connectivity index (χ1) is 17.4. The molecule has 0 radical (unpaired) electrons. The number of hydrogen-bond donors (Lipinski definition) is 7. The molecule has 6 unspecified atom stereocenters. The van der Waals surface area contributed by atoms with E-state index in [1.54, 1.807) is 0 Å². The van der Waals surface area contributed by atoms with Gasteiger partial charge in [-0.1, -0.05) is 64.2 Å². The van der Waals surface area contributed by atoms with Gasteiger partial charge in [-0.15, -0.1) is 0 Å². The van der Waals surface area contributed by atoms with Crippen LogP contribution in [0.25, 0.3) is 0 Å². The average Bonchev–Trinajstić information content (AvgIpc) is 2.90. The van der Waals surface area contributed by atoms with Crippen LogP contribution in [0.4, 0.5) is 0 Å². The minimum Gasteiger partial charge on any atom is -0.394 e. The second-order valence-electron chi connectivity index (χ2n) is 10.4. The number of hydrogen-bond acceptors (Lipinski definition) is 11. The van der Waals surface area contributed by atoms with Crippen LogP contribution in [0, 0.1) is 5.92 Å². The van der Waals surface area contributed by atoms with E-state index in [1.807, 2.05) is 0 Å². The quantitative estimate of drug-likeness (QED) is 0.156. The van der Waals surface area contributed by atoms with E-state index in [-0.39, 0.29) is 0 Å². The van der Waals surface area contributed by atoms with Crippen molar-refractivity contribution in [3.63, 3.8) is 0 Å². The van der Waals surface area contributed by atoms with Crippen molar-refractivity contribution in [2.75, 3.05) is 19.8 Å². The Bertz CT molecular complexity index is 601. The zero-order valence-corrected chi connectivity index (χ0v) is 21.0. The van der Waals surface area contributed by atoms with Crippen LogP contribution < -0.4 is 0 Å². The normalized spacial score (nSPS) is 40.4. The van der Waals surface area contributed by atoms with Gasteiger partial charge in [-0.3, -0.25) is 0 Å². The Kier molecular flexibility index (Phi) is 12.7. The SMILES string of the molecule is OCC1O[C@H](O[C@@H]2C(CO)O[C@@H](OCCCCCCCC3CCCCC3)C(O)C2O)C(O)C(O)[C@@H]1O. The van der Waals surface area contributed by atoms with Crippen LogP contribution in [0.1, 0.15) is 70.6 Å². The van der Waals surface area contributed by atoms with Gasteiger partial charge < -0.3 is 54.7 Å². The van der Waals surface area contributed by atoms with Crippen molar-refractivity contribution >= 4 is 0 Å². The summed E-state index contributed by atoms with van der Waals surface area (Å²) in [7, 11) is 0. The van der Waals surface area contributed by atoms with E-state index in [1.165, 1.54) is 51.4 Å². The van der Waals surface area contributed by atoms with Gasteiger partial charge in [0, 0.05) is 6.61 Å². The average molecular weight is 523 g/mol. The lowest BCUT2D eigenvalue weighted by Gasteiger charge is -2.45. The summed E-state index contributed by atoms with van der Waals surface area (Å²) in [4.78, 5) is 0. The highest BCUT2D eigenvalue weighted by atomic mass is 16.7. The fourth-order valence-electron chi connectivity index (χ4n) is 5.43. The zero-order chi connectivity index (χ0) is 26.1. The predicted octanol–water partition coefficient (Wildman–Crippen LogP) is -0.452. The van der Waals surface area contributed by atoms with Gasteiger partial charge in [-0.25, -0.2) is 0 Å². The smallest absolute Gasteiger partial charge is 0.187 e. The van der Waals surface area contributed by atoms with Crippen LogP contribution in [0.2, 0.25) is 0 Å². The van der Waals surface area contributed by atoms with E-state index in [2.05, 4.69) is 0 Å². The molecule has 212 valence electrons. The van der Waals surface area contributed by atoms with Crippen LogP contribution in [0.15, 0.2) is 0 Å². The standard InChI is InChI=1S/C25H46O11/c26-13-16-18(28)19(29)21(31)25(34-16)36-23-17(14-27)35-24(22(32)20(23)30)33-12-8-3-1-2-5-9-15-10-6-4-7-11-15/h15-32H,1-14H2/t16?,17?,18-,19?,20?,21?,22?,23-,24-,25-/m1/s1. The van der Waals surface area contributed by atoms with Crippen LogP contribution >= 0.6 is 0 Å². The Morgan fingerprint density at radius 2 is 1.22 bits per heavy atom. The van der Waals surface area contributed by atoms with Gasteiger partial charge in [-0.2, -0.15) is 0 Å². The number of aliphatic hydroxyl groups is 7. The fraction of sp³-hybridized carbons (Fsp3) is 1.00. The van der Waals surface area contributed by atoms with E-state index in [0.29, 0.717) is 6.61 Å². The van der Waals surface area contributed by atoms with Gasteiger partial charge >= 0.3 is 0 Å². The Balaban J connectivity index is 1.38. The second kappa shape index (κ2) is 15.2. The Labute approximate surface area is 212 Å². The van der Waals surface area contributed by atoms with Crippen molar-refractivity contribution in [2.24, 2.45) is 5.92 Å². The first-order valence-corrected chi connectivity index (χ1v) is 13.6. The van der Waals surface area contributed by atoms with Crippen molar-refractivity contribution < 1.29 is 54.7 Å². The maximum Gasteiger partial charge on any atom is 0.187 e. The van der Waals surface area contributed by atoms with Crippen LogP contribution in [0.3, 0.4) is 0 Å². The largest absolute Gasteiger partial charge is 0.394 e. The third-order valence-electron chi connectivity index (χ3n) is 7.72. The lowest BCUT2D eigenvalue weighted by Crippen LogP contribution is -2.64. The summed E-state index contributed by atoms with van der Waals surface area (Å²) in [6.07, 6.45) is -0.730. The molecule has 11 nitrogen and oxygen atoms in total. The zero-order valence-electron chi connectivity index (χ0n) is 21.0. The molecule has 3 fully saturated rings. The maximum atomic E-state index is 10.6. The highest BCUT2D eigenvalue weighted by molar-refractivity contribution is 4.94. The molecule has 0 bridgehead atoms. The van der Waals surface area contributed by atoms with E-state index < -0.39 is 74.6 Å². The number of aliphatic hydroxyl groups excluding tert-OH is 7. The molecule has 0 spiro atoms. The lowest BCUT2D eigenvalue weighted by molar-refractivity contribution is -0.359. The molecule has 2 aliphatic heterocycles. The number of ether oxygens (including phenoxy) is 4. The lowest BCUT2D eigenvalue weighted by atomic mass is 9.85. The van der Waals surface area contributed by atoms with Gasteiger partial charge in [0.2, 0.25) is 0 Å². The second-order valence-corrected chi connectivity index (χ2v) is 10.4. The highest BCUT2D eigenvalue weighted by Gasteiger charge is 2.50. The molecule has 1 saturated carbocycles. The van der Waals surface area contributed by atoms with Crippen molar-refractivity contribution in [3.8, 4) is 0 Å². The number of unbranched alkanes of at least 4 members (excludes halogenated alkanes) is 4. The molecule has 36 heavy (non-hydrogen) atoms. The molecule has 0 aromatic carbocycles. The summed E-state index contributed by atoms with van der Waals surface area (Å²) >= 11 is 0. The highest BCUT2D eigenvalue weighted by Crippen LogP contribution is 2.30. The van der Waals surface area contributed by atoms with Crippen molar-refractivity contribution in [3.05, 3.63) is 0 Å². The summed E-state index contributed by atoms with van der Waals surface area (Å²) in [6.45, 7) is -0.892. The monoisotopic (exact) mass is 522 g/mol. The summed E-state index contributed by atoms with van der Waals surface area (Å²) in [5.74, 6) is 0.909. The Morgan fingerprint density at radius 1 is 0.611 bits per heavy atom. The molecule has 11 heteroatoms. The van der Waals surface area contributed by atoms with Gasteiger partial charge in [0.1, 0.15) is 48.8 Å². The summed E-state index contributed by atoms with van der Waals surface area (Å²) in [6, 6.07) is 0. The maximum absolute atomic E-state index is 10.6. The van der Waals surface area contributed by atoms with Crippen molar-refractivity contribution in [1.29, 1.82) is 0 Å². The minimum atomic E-state index is -1.69. The van der Waals surface area contributed by atoms with Crippen LogP contribution in [-0.2, 0) is 18.9 Å². The third kappa shape index (κ3) is 8.03. The molecule has 3 rings (SSSR count). The van der Waals surface area contributed by atoms with Crippen molar-refractivity contribution in [2.45, 2.75) is 132 Å². The molecule has 7 N–H and O–H groups in total. The fourth-order valence-corrected chi connectivity index (χ4v) is 5.43. The van der Waals surface area contributed by atoms with E-state index in [9.17, 15) is 35.7 Å². The van der Waals surface area contributed by atoms with Gasteiger partial charge in [0.05, 0.1) is 13.2 Å². The van der Waals surface area contributed by atoms with E-state index in [4.69, 9.17) is 18.9 Å². The molecular weight excluding hydrogens is 476 g/mol. The first kappa shape index (κ1) is 30.1. The summed E-state index contributed by atoms with van der Waals surface area (Å²) in [5.41, 5.74) is 0. The predicted molar refractivity (Wildman–Crippen MR) is 127 cm³/mol. The van der Waals surface area contributed by atoms with Crippen LogP contribution in [0.5, 0.6) is 0 Å². The molecule has 2 saturated heterocycles. The van der Waals surface area contributed by atoms with Crippen molar-refractivity contribution in [1.82, 2.24) is 0 Å². The summed E-state index contributed by atoms with van der Waals surface area (Å²) in [5, 5.41) is 70.3. The minimum absolute atomic E-state index is 0.327. The van der Waals surface area contributed by atoms with Gasteiger partial charge in [0.15, 0.2) is 12.6 Å².